The molecule has 8 aromatic carbocycles. The number of para-hydroxylation sites is 1. The van der Waals surface area contributed by atoms with E-state index in [1.165, 1.54) is 118 Å². The highest BCUT2D eigenvalue weighted by Gasteiger charge is 2.46. The summed E-state index contributed by atoms with van der Waals surface area (Å²) in [6, 6.07) is 57.9. The number of anilines is 3. The van der Waals surface area contributed by atoms with Gasteiger partial charge in [0.1, 0.15) is 11.5 Å². The van der Waals surface area contributed by atoms with Crippen LogP contribution in [0.3, 0.4) is 0 Å². The average molecular weight is 901 g/mol. The summed E-state index contributed by atoms with van der Waals surface area (Å²) >= 11 is 3.84. The van der Waals surface area contributed by atoms with Crippen LogP contribution in [0.15, 0.2) is 152 Å². The summed E-state index contributed by atoms with van der Waals surface area (Å²) in [4.78, 5) is 2.55. The molecule has 0 N–H and O–H groups in total. The molecule has 14 rings (SSSR count). The van der Waals surface area contributed by atoms with Crippen molar-refractivity contribution in [2.24, 2.45) is 0 Å². The molecule has 324 valence electrons. The lowest BCUT2D eigenvalue weighted by atomic mass is 9.36. The molecule has 11 aromatic rings. The molecule has 3 aromatic heterocycles. The highest BCUT2D eigenvalue weighted by atomic mass is 32.1. The number of aromatic nitrogens is 1. The third-order valence-corrected chi connectivity index (χ3v) is 17.8. The standard InChI is InChI=1S/C61H49BN2OS2/c1-59(2,3)34-24-27-36(28-25-34)63-46-21-15-22-50-54(46)62(58-56(65-50)42-30-35(60(4,5)6)26-29-52(42)67-58)55-48(63)33-49(57-53(55)39-18-11-14-23-51(39)66-57)64-45-20-13-10-17-38(45)41-31-44-40(32-47(41)64)37-16-9-12-19-43(37)61(44,7)8/h9-33H,1-8H3. The summed E-state index contributed by atoms with van der Waals surface area (Å²) in [5.41, 5.74) is 17.8. The normalized spacial score (nSPS) is 14.7. The minimum atomic E-state index is -0.105. The van der Waals surface area contributed by atoms with Crippen molar-refractivity contribution >= 4 is 114 Å². The van der Waals surface area contributed by atoms with Crippen molar-refractivity contribution in [3.63, 3.8) is 0 Å². The molecule has 0 fully saturated rings. The number of hydrogen-bond donors (Lipinski definition) is 0. The summed E-state index contributed by atoms with van der Waals surface area (Å²) < 4.78 is 15.0. The topological polar surface area (TPSA) is 17.4 Å². The number of hydrogen-bond acceptors (Lipinski definition) is 4. The van der Waals surface area contributed by atoms with Gasteiger partial charge in [-0.1, -0.05) is 140 Å². The molecule has 6 heteroatoms. The molecule has 0 saturated carbocycles. The van der Waals surface area contributed by atoms with E-state index in [0.29, 0.717) is 0 Å². The van der Waals surface area contributed by atoms with E-state index in [2.05, 4.69) is 217 Å². The number of fused-ring (bicyclic) bond motifs is 16. The Hall–Kier alpha value is -6.60. The summed E-state index contributed by atoms with van der Waals surface area (Å²) in [6.07, 6.45) is 0. The Balaban J connectivity index is 1.14. The van der Waals surface area contributed by atoms with E-state index in [9.17, 15) is 0 Å². The van der Waals surface area contributed by atoms with E-state index in [-0.39, 0.29) is 23.0 Å². The van der Waals surface area contributed by atoms with Crippen LogP contribution in [-0.2, 0) is 16.2 Å². The van der Waals surface area contributed by atoms with Crippen molar-refractivity contribution < 1.29 is 4.74 Å². The predicted octanol–water partition coefficient (Wildman–Crippen LogP) is 15.7. The molecule has 0 unspecified atom stereocenters. The van der Waals surface area contributed by atoms with Gasteiger partial charge in [0.15, 0.2) is 0 Å². The van der Waals surface area contributed by atoms with Gasteiger partial charge < -0.3 is 14.2 Å². The molecule has 0 bridgehead atoms. The highest BCUT2D eigenvalue weighted by molar-refractivity contribution is 7.34. The number of nitrogens with zero attached hydrogens (tertiary/aromatic N) is 2. The fraction of sp³-hybridized carbons (Fsp3) is 0.180. The Labute approximate surface area is 400 Å². The van der Waals surface area contributed by atoms with Gasteiger partial charge in [-0.15, -0.1) is 22.7 Å². The molecule has 3 aliphatic rings. The SMILES string of the molecule is CC(C)(C)c1ccc(N2c3cccc4c3B(c3sc5ccc(C(C)(C)C)cc5c3O4)c3c2cc(-n2c4ccccc4c4cc5c(cc42)-c2ccccc2C5(C)C)c2sc4ccccc4c32)cc1. The summed E-state index contributed by atoms with van der Waals surface area (Å²) in [7, 11) is 0. The zero-order valence-corrected chi connectivity index (χ0v) is 40.8. The summed E-state index contributed by atoms with van der Waals surface area (Å²) in [5, 5.41) is 6.40. The molecule has 2 aliphatic heterocycles. The van der Waals surface area contributed by atoms with Crippen molar-refractivity contribution in [2.75, 3.05) is 4.90 Å². The number of thiophene rings is 2. The average Bonchev–Trinajstić information content (AvgIpc) is 4.04. The van der Waals surface area contributed by atoms with Crippen LogP contribution in [0.4, 0.5) is 17.1 Å². The third kappa shape index (κ3) is 5.34. The predicted molar refractivity (Wildman–Crippen MR) is 290 cm³/mol. The number of rotatable bonds is 2. The van der Waals surface area contributed by atoms with Gasteiger partial charge >= 0.3 is 0 Å². The molecule has 0 saturated heterocycles. The molecule has 0 atom stereocenters. The molecular formula is C61H49BN2OS2. The second-order valence-corrected chi connectivity index (χ2v) is 23.8. The second kappa shape index (κ2) is 13.3. The zero-order chi connectivity index (χ0) is 45.5. The van der Waals surface area contributed by atoms with Crippen molar-refractivity contribution in [2.45, 2.75) is 71.6 Å². The van der Waals surface area contributed by atoms with Gasteiger partial charge in [-0.2, -0.15) is 0 Å². The molecule has 5 heterocycles. The molecule has 0 radical (unpaired) electrons. The Bertz CT molecular complexity index is 3960. The largest absolute Gasteiger partial charge is 0.457 e. The molecule has 3 nitrogen and oxygen atoms in total. The number of ether oxygens (including phenoxy) is 1. The maximum Gasteiger partial charge on any atom is 0.269 e. The Morgan fingerprint density at radius 3 is 2.04 bits per heavy atom. The Morgan fingerprint density at radius 1 is 0.522 bits per heavy atom. The highest BCUT2D eigenvalue weighted by Crippen LogP contribution is 2.53. The van der Waals surface area contributed by atoms with Crippen molar-refractivity contribution in [1.29, 1.82) is 0 Å². The van der Waals surface area contributed by atoms with Gasteiger partial charge in [-0.05, 0) is 133 Å². The first-order valence-corrected chi connectivity index (χ1v) is 25.3. The molecule has 0 amide bonds. The maximum atomic E-state index is 7.23. The van der Waals surface area contributed by atoms with Crippen LogP contribution in [0.2, 0.25) is 0 Å². The fourth-order valence-electron chi connectivity index (χ4n) is 12.0. The first-order chi connectivity index (χ1) is 32.3. The van der Waals surface area contributed by atoms with E-state index >= 15 is 0 Å². The van der Waals surface area contributed by atoms with Crippen molar-refractivity contribution in [1.82, 2.24) is 4.57 Å². The zero-order valence-electron chi connectivity index (χ0n) is 39.1. The van der Waals surface area contributed by atoms with Crippen LogP contribution in [0, 0.1) is 0 Å². The van der Waals surface area contributed by atoms with Crippen molar-refractivity contribution in [3.8, 4) is 28.3 Å². The Morgan fingerprint density at radius 2 is 1.24 bits per heavy atom. The van der Waals surface area contributed by atoms with Gasteiger partial charge in [0.05, 0.1) is 21.4 Å². The van der Waals surface area contributed by atoms with Gasteiger partial charge in [0, 0.05) is 52.8 Å². The minimum Gasteiger partial charge on any atom is -0.457 e. The van der Waals surface area contributed by atoms with Gasteiger partial charge in [-0.25, -0.2) is 0 Å². The van der Waals surface area contributed by atoms with E-state index in [1.807, 2.05) is 22.7 Å². The van der Waals surface area contributed by atoms with Gasteiger partial charge in [0.25, 0.3) is 6.71 Å². The Kier molecular flexibility index (Phi) is 7.86. The molecule has 1 aliphatic carbocycles. The van der Waals surface area contributed by atoms with E-state index in [1.54, 1.807) is 0 Å². The second-order valence-electron chi connectivity index (χ2n) is 21.7. The third-order valence-electron chi connectivity index (χ3n) is 15.4. The van der Waals surface area contributed by atoms with Gasteiger partial charge in [0.2, 0.25) is 0 Å². The van der Waals surface area contributed by atoms with E-state index in [0.717, 1.165) is 17.2 Å². The first kappa shape index (κ1) is 39.6. The lowest BCUT2D eigenvalue weighted by molar-refractivity contribution is 0.494. The molecule has 67 heavy (non-hydrogen) atoms. The first-order valence-electron chi connectivity index (χ1n) is 23.7. The van der Waals surface area contributed by atoms with Crippen LogP contribution < -0.4 is 25.3 Å². The monoisotopic (exact) mass is 900 g/mol. The lowest BCUT2D eigenvalue weighted by Crippen LogP contribution is -2.58. The van der Waals surface area contributed by atoms with Crippen LogP contribution in [-0.4, -0.2) is 11.3 Å². The van der Waals surface area contributed by atoms with E-state index in [4.69, 9.17) is 4.74 Å². The van der Waals surface area contributed by atoms with Gasteiger partial charge in [-0.3, -0.25) is 0 Å². The molecular weight excluding hydrogens is 852 g/mol. The van der Waals surface area contributed by atoms with Crippen LogP contribution in [0.5, 0.6) is 11.5 Å². The van der Waals surface area contributed by atoms with Crippen LogP contribution >= 0.6 is 22.7 Å². The minimum absolute atomic E-state index is 0.00780. The van der Waals surface area contributed by atoms with E-state index < -0.39 is 0 Å². The number of benzene rings is 8. The van der Waals surface area contributed by atoms with Crippen LogP contribution in [0.1, 0.15) is 77.6 Å². The molecule has 0 spiro atoms. The van der Waals surface area contributed by atoms with Crippen molar-refractivity contribution in [3.05, 3.63) is 174 Å². The summed E-state index contributed by atoms with van der Waals surface area (Å²) in [5.74, 6) is 1.94. The van der Waals surface area contributed by atoms with Crippen LogP contribution in [0.25, 0.3) is 68.9 Å². The smallest absolute Gasteiger partial charge is 0.269 e. The maximum absolute atomic E-state index is 7.23. The summed E-state index contributed by atoms with van der Waals surface area (Å²) in [6.45, 7) is 18.5. The quantitative estimate of drug-likeness (QED) is 0.161. The fourth-order valence-corrected chi connectivity index (χ4v) is 14.4. The lowest BCUT2D eigenvalue weighted by Gasteiger charge is -2.40.